The third-order valence-corrected chi connectivity index (χ3v) is 2.48. The van der Waals surface area contributed by atoms with Gasteiger partial charge in [0.25, 0.3) is 0 Å². The summed E-state index contributed by atoms with van der Waals surface area (Å²) in [5.74, 6) is -0.567. The maximum atomic E-state index is 11.0. The van der Waals surface area contributed by atoms with Gasteiger partial charge in [-0.1, -0.05) is 6.07 Å². The van der Waals surface area contributed by atoms with Crippen molar-refractivity contribution in [2.24, 2.45) is 0 Å². The number of nitrogens with zero attached hydrogens (tertiary/aromatic N) is 1. The first-order chi connectivity index (χ1) is 7.43. The van der Waals surface area contributed by atoms with Gasteiger partial charge in [0.05, 0.1) is 11.0 Å². The van der Waals surface area contributed by atoms with Crippen LogP contribution in [0.4, 0.5) is 5.69 Å². The van der Waals surface area contributed by atoms with Gasteiger partial charge in [-0.15, -0.1) is 0 Å². The quantitative estimate of drug-likeness (QED) is 0.483. The van der Waals surface area contributed by atoms with Gasteiger partial charge >= 0.3 is 51.4 Å². The van der Waals surface area contributed by atoms with Crippen LogP contribution in [-0.2, 0) is 14.9 Å². The van der Waals surface area contributed by atoms with Crippen molar-refractivity contribution in [3.63, 3.8) is 0 Å². The number of hydrogen-bond acceptors (Lipinski definition) is 5. The minimum absolute atomic E-state index is 0. The molecule has 0 unspecified atom stereocenters. The molecule has 84 valence electrons. The van der Waals surface area contributed by atoms with Crippen LogP contribution in [0, 0.1) is 11.3 Å². The maximum absolute atomic E-state index is 11.0. The Kier molecular flexibility index (Phi) is 7.11. The van der Waals surface area contributed by atoms with Crippen molar-refractivity contribution in [3.8, 4) is 6.07 Å². The summed E-state index contributed by atoms with van der Waals surface area (Å²) < 4.78 is 32.0. The van der Waals surface area contributed by atoms with Gasteiger partial charge in [-0.3, -0.25) is 4.79 Å². The molecule has 0 saturated heterocycles. The summed E-state index contributed by atoms with van der Waals surface area (Å²) in [6, 6.07) is 6.55. The SMILES string of the molecule is N#CCC(=O)Nc1cccc(S(=O)(=O)[O-])c1.[K+]. The molecule has 1 N–H and O–H groups in total. The molecular formula is C9H7KN2O4S. The van der Waals surface area contributed by atoms with Crippen LogP contribution in [0.1, 0.15) is 6.42 Å². The van der Waals surface area contributed by atoms with E-state index in [0.717, 1.165) is 12.1 Å². The Morgan fingerprint density at radius 1 is 1.47 bits per heavy atom. The van der Waals surface area contributed by atoms with Crippen molar-refractivity contribution in [2.45, 2.75) is 11.3 Å². The Balaban J connectivity index is 0.00000256. The summed E-state index contributed by atoms with van der Waals surface area (Å²) in [6.07, 6.45) is -0.339. The Morgan fingerprint density at radius 3 is 2.65 bits per heavy atom. The van der Waals surface area contributed by atoms with Gasteiger partial charge in [0.15, 0.2) is 0 Å². The molecule has 6 nitrogen and oxygen atoms in total. The summed E-state index contributed by atoms with van der Waals surface area (Å²) >= 11 is 0. The Hall–Kier alpha value is -0.274. The van der Waals surface area contributed by atoms with E-state index < -0.39 is 20.9 Å². The molecule has 0 spiro atoms. The molecule has 0 heterocycles. The molecule has 0 bridgehead atoms. The molecule has 0 aromatic heterocycles. The van der Waals surface area contributed by atoms with Crippen molar-refractivity contribution in [1.29, 1.82) is 5.26 Å². The van der Waals surface area contributed by atoms with Crippen molar-refractivity contribution >= 4 is 21.7 Å². The normalized spacial score (nSPS) is 9.88. The minimum atomic E-state index is -4.54. The number of carbonyl (C=O) groups excluding carboxylic acids is 1. The predicted molar refractivity (Wildman–Crippen MR) is 53.3 cm³/mol. The Morgan fingerprint density at radius 2 is 2.12 bits per heavy atom. The molecule has 0 aliphatic heterocycles. The number of amides is 1. The average molecular weight is 278 g/mol. The first-order valence-electron chi connectivity index (χ1n) is 4.16. The fourth-order valence-electron chi connectivity index (χ4n) is 1.01. The van der Waals surface area contributed by atoms with Crippen LogP contribution in [0.5, 0.6) is 0 Å². The second-order valence-electron chi connectivity index (χ2n) is 2.87. The second kappa shape index (κ2) is 7.23. The second-order valence-corrected chi connectivity index (χ2v) is 4.24. The molecule has 0 aliphatic carbocycles. The zero-order valence-electron chi connectivity index (χ0n) is 9.00. The van der Waals surface area contributed by atoms with Crippen LogP contribution < -0.4 is 56.7 Å². The molecule has 1 rings (SSSR count). The van der Waals surface area contributed by atoms with Gasteiger partial charge in [0, 0.05) is 5.69 Å². The van der Waals surface area contributed by atoms with E-state index in [0.29, 0.717) is 0 Å². The van der Waals surface area contributed by atoms with Gasteiger partial charge in [-0.05, 0) is 18.2 Å². The molecule has 0 radical (unpaired) electrons. The van der Waals surface area contributed by atoms with E-state index in [-0.39, 0.29) is 63.5 Å². The maximum Gasteiger partial charge on any atom is 1.00 e. The molecule has 17 heavy (non-hydrogen) atoms. The molecule has 0 aliphatic rings. The fourth-order valence-corrected chi connectivity index (χ4v) is 1.52. The first-order valence-corrected chi connectivity index (χ1v) is 5.57. The average Bonchev–Trinajstić information content (AvgIpc) is 2.17. The summed E-state index contributed by atoms with van der Waals surface area (Å²) in [4.78, 5) is 10.6. The molecule has 8 heteroatoms. The largest absolute Gasteiger partial charge is 1.00 e. The Labute approximate surface area is 141 Å². The summed E-state index contributed by atoms with van der Waals surface area (Å²) in [7, 11) is -4.54. The number of nitrogens with one attached hydrogen (secondary N) is 1. The molecule has 1 amide bonds. The van der Waals surface area contributed by atoms with Crippen molar-refractivity contribution in [3.05, 3.63) is 24.3 Å². The third-order valence-electron chi connectivity index (χ3n) is 1.65. The number of carbonyl (C=O) groups is 1. The van der Waals surface area contributed by atoms with Gasteiger partial charge in [-0.2, -0.15) is 5.26 Å². The zero-order valence-corrected chi connectivity index (χ0v) is 12.9. The van der Waals surface area contributed by atoms with Crippen LogP contribution in [0.25, 0.3) is 0 Å². The van der Waals surface area contributed by atoms with Gasteiger partial charge in [0.2, 0.25) is 5.91 Å². The van der Waals surface area contributed by atoms with Crippen LogP contribution in [0.15, 0.2) is 29.2 Å². The molecule has 0 fully saturated rings. The topological polar surface area (TPSA) is 110 Å². The number of nitriles is 1. The Bertz CT molecular complexity index is 550. The fraction of sp³-hybridized carbons (Fsp3) is 0.111. The number of hydrogen-bond donors (Lipinski definition) is 1. The van der Waals surface area contributed by atoms with E-state index in [1.165, 1.54) is 12.1 Å². The molecule has 1 aromatic carbocycles. The van der Waals surface area contributed by atoms with Crippen LogP contribution in [-0.4, -0.2) is 18.9 Å². The predicted octanol–water partition coefficient (Wildman–Crippen LogP) is -2.55. The molecule has 0 atom stereocenters. The van der Waals surface area contributed by atoms with Crippen LogP contribution in [0.3, 0.4) is 0 Å². The molecule has 0 saturated carbocycles. The van der Waals surface area contributed by atoms with E-state index in [9.17, 15) is 17.8 Å². The number of anilines is 1. The van der Waals surface area contributed by atoms with E-state index in [4.69, 9.17) is 5.26 Å². The van der Waals surface area contributed by atoms with Crippen molar-refractivity contribution < 1.29 is 69.1 Å². The van der Waals surface area contributed by atoms with Crippen molar-refractivity contribution in [2.75, 3.05) is 5.32 Å². The summed E-state index contributed by atoms with van der Waals surface area (Å²) in [5.41, 5.74) is 0.164. The van der Waals surface area contributed by atoms with Gasteiger partial charge in [-0.25, -0.2) is 8.42 Å². The number of benzene rings is 1. The third kappa shape index (κ3) is 5.74. The van der Waals surface area contributed by atoms with Gasteiger partial charge in [0.1, 0.15) is 16.5 Å². The van der Waals surface area contributed by atoms with E-state index >= 15 is 0 Å². The summed E-state index contributed by atoms with van der Waals surface area (Å²) in [6.45, 7) is 0. The summed E-state index contributed by atoms with van der Waals surface area (Å²) in [5, 5.41) is 10.5. The van der Waals surface area contributed by atoms with E-state index in [2.05, 4.69) is 5.32 Å². The van der Waals surface area contributed by atoms with Crippen molar-refractivity contribution in [1.82, 2.24) is 0 Å². The number of rotatable bonds is 3. The van der Waals surface area contributed by atoms with E-state index in [1.807, 2.05) is 0 Å². The zero-order chi connectivity index (χ0) is 12.2. The monoisotopic (exact) mass is 278 g/mol. The smallest absolute Gasteiger partial charge is 0.744 e. The van der Waals surface area contributed by atoms with Gasteiger partial charge < -0.3 is 9.87 Å². The van der Waals surface area contributed by atoms with Crippen LogP contribution >= 0.6 is 0 Å². The minimum Gasteiger partial charge on any atom is -0.744 e. The van der Waals surface area contributed by atoms with E-state index in [1.54, 1.807) is 6.07 Å². The molecule has 1 aromatic rings. The first kappa shape index (κ1) is 16.7. The van der Waals surface area contributed by atoms with Crippen LogP contribution in [0.2, 0.25) is 0 Å². The molecular weight excluding hydrogens is 271 g/mol. The standard InChI is InChI=1S/C9H8N2O4S.K/c10-5-4-9(12)11-7-2-1-3-8(6-7)16(13,14)15;/h1-3,6H,4H2,(H,11,12)(H,13,14,15);/q;+1/p-1.